The van der Waals surface area contributed by atoms with Crippen molar-refractivity contribution in [2.75, 3.05) is 7.11 Å². The van der Waals surface area contributed by atoms with Crippen LogP contribution in [0.3, 0.4) is 0 Å². The summed E-state index contributed by atoms with van der Waals surface area (Å²) in [6, 6.07) is 0. The van der Waals surface area contributed by atoms with Crippen LogP contribution in [0, 0.1) is 11.8 Å². The van der Waals surface area contributed by atoms with Crippen LogP contribution >= 0.6 is 0 Å². The second kappa shape index (κ2) is 5.73. The van der Waals surface area contributed by atoms with Gasteiger partial charge in [-0.3, -0.25) is 9.59 Å². The molecule has 1 amide bonds. The highest BCUT2D eigenvalue weighted by Crippen LogP contribution is 2.26. The van der Waals surface area contributed by atoms with Crippen molar-refractivity contribution in [3.63, 3.8) is 0 Å². The molecule has 1 aliphatic carbocycles. The van der Waals surface area contributed by atoms with Gasteiger partial charge in [-0.15, -0.1) is 0 Å². The van der Waals surface area contributed by atoms with E-state index in [1.807, 2.05) is 0 Å². The number of primary amides is 1. The SMILES string of the molecule is COC(=O)C1CCCC(C(N)=O)CCC1. The number of nitrogens with two attached hydrogens (primary N) is 1. The molecule has 0 atom stereocenters. The van der Waals surface area contributed by atoms with Crippen molar-refractivity contribution in [3.8, 4) is 0 Å². The van der Waals surface area contributed by atoms with Gasteiger partial charge in [0.15, 0.2) is 0 Å². The summed E-state index contributed by atoms with van der Waals surface area (Å²) >= 11 is 0. The fraction of sp³-hybridized carbons (Fsp3) is 0.818. The van der Waals surface area contributed by atoms with E-state index in [4.69, 9.17) is 10.5 Å². The maximum absolute atomic E-state index is 11.3. The number of hydrogen-bond donors (Lipinski definition) is 1. The van der Waals surface area contributed by atoms with Crippen molar-refractivity contribution in [3.05, 3.63) is 0 Å². The Labute approximate surface area is 90.2 Å². The normalized spacial score (nSPS) is 27.5. The molecule has 0 spiro atoms. The quantitative estimate of drug-likeness (QED) is 0.701. The Hall–Kier alpha value is -1.06. The minimum Gasteiger partial charge on any atom is -0.469 e. The van der Waals surface area contributed by atoms with E-state index in [1.165, 1.54) is 7.11 Å². The zero-order chi connectivity index (χ0) is 11.3. The lowest BCUT2D eigenvalue weighted by molar-refractivity contribution is -0.146. The lowest BCUT2D eigenvalue weighted by atomic mass is 9.85. The van der Waals surface area contributed by atoms with Gasteiger partial charge >= 0.3 is 5.97 Å². The maximum Gasteiger partial charge on any atom is 0.308 e. The molecule has 1 fully saturated rings. The van der Waals surface area contributed by atoms with Crippen molar-refractivity contribution in [2.45, 2.75) is 38.5 Å². The fourth-order valence-electron chi connectivity index (χ4n) is 2.20. The number of esters is 1. The smallest absolute Gasteiger partial charge is 0.308 e. The summed E-state index contributed by atoms with van der Waals surface area (Å²) in [5, 5.41) is 0. The molecule has 0 saturated heterocycles. The first kappa shape index (κ1) is 12.0. The Bertz CT molecular complexity index is 230. The van der Waals surface area contributed by atoms with Crippen molar-refractivity contribution in [2.24, 2.45) is 17.6 Å². The van der Waals surface area contributed by atoms with Gasteiger partial charge in [0.1, 0.15) is 0 Å². The van der Waals surface area contributed by atoms with E-state index in [-0.39, 0.29) is 23.7 Å². The molecule has 0 aliphatic heterocycles. The second-order valence-electron chi connectivity index (χ2n) is 4.18. The maximum atomic E-state index is 11.3. The lowest BCUT2D eigenvalue weighted by Gasteiger charge is -2.21. The number of amides is 1. The Morgan fingerprint density at radius 3 is 1.93 bits per heavy atom. The van der Waals surface area contributed by atoms with E-state index in [1.54, 1.807) is 0 Å². The minimum atomic E-state index is -0.202. The Kier molecular flexibility index (Phi) is 4.59. The largest absolute Gasteiger partial charge is 0.469 e. The van der Waals surface area contributed by atoms with Crippen molar-refractivity contribution in [1.29, 1.82) is 0 Å². The highest BCUT2D eigenvalue weighted by molar-refractivity contribution is 5.76. The Balaban J connectivity index is 2.43. The molecule has 0 radical (unpaired) electrons. The van der Waals surface area contributed by atoms with Crippen LogP contribution in [0.4, 0.5) is 0 Å². The van der Waals surface area contributed by atoms with Crippen molar-refractivity contribution in [1.82, 2.24) is 0 Å². The molecular weight excluding hydrogens is 194 g/mol. The third kappa shape index (κ3) is 3.53. The van der Waals surface area contributed by atoms with Crippen molar-refractivity contribution < 1.29 is 14.3 Å². The number of hydrogen-bond acceptors (Lipinski definition) is 3. The molecule has 15 heavy (non-hydrogen) atoms. The molecule has 86 valence electrons. The van der Waals surface area contributed by atoms with Crippen LogP contribution in [0.25, 0.3) is 0 Å². The highest BCUT2D eigenvalue weighted by Gasteiger charge is 2.24. The summed E-state index contributed by atoms with van der Waals surface area (Å²) in [5.41, 5.74) is 5.28. The van der Waals surface area contributed by atoms with E-state index in [2.05, 4.69) is 0 Å². The molecule has 0 unspecified atom stereocenters. The van der Waals surface area contributed by atoms with Crippen molar-refractivity contribution >= 4 is 11.9 Å². The molecule has 0 aromatic rings. The zero-order valence-electron chi connectivity index (χ0n) is 9.20. The van der Waals surface area contributed by atoms with Crippen LogP contribution in [0.1, 0.15) is 38.5 Å². The third-order valence-corrected chi connectivity index (χ3v) is 3.15. The van der Waals surface area contributed by atoms with Crippen LogP contribution in [0.5, 0.6) is 0 Å². The van der Waals surface area contributed by atoms with E-state index >= 15 is 0 Å². The van der Waals surface area contributed by atoms with Gasteiger partial charge in [-0.1, -0.05) is 12.8 Å². The summed E-state index contributed by atoms with van der Waals surface area (Å²) in [5.74, 6) is -0.300. The monoisotopic (exact) mass is 213 g/mol. The molecule has 1 rings (SSSR count). The highest BCUT2D eigenvalue weighted by atomic mass is 16.5. The van der Waals surface area contributed by atoms with Gasteiger partial charge in [0.2, 0.25) is 5.91 Å². The number of rotatable bonds is 2. The summed E-state index contributed by atoms with van der Waals surface area (Å²) in [6.07, 6.45) is 5.01. The van der Waals surface area contributed by atoms with Crippen LogP contribution in [-0.4, -0.2) is 19.0 Å². The van der Waals surface area contributed by atoms with E-state index in [9.17, 15) is 9.59 Å². The number of ether oxygens (including phenoxy) is 1. The van der Waals surface area contributed by atoms with Crippen LogP contribution < -0.4 is 5.73 Å². The molecule has 4 nitrogen and oxygen atoms in total. The first-order valence-corrected chi connectivity index (χ1v) is 5.52. The minimum absolute atomic E-state index is 0.00333. The van der Waals surface area contributed by atoms with E-state index < -0.39 is 0 Å². The predicted octanol–water partition coefficient (Wildman–Crippen LogP) is 1.23. The van der Waals surface area contributed by atoms with Gasteiger partial charge < -0.3 is 10.5 Å². The molecule has 0 heterocycles. The summed E-state index contributed by atoms with van der Waals surface area (Å²) in [7, 11) is 1.42. The van der Waals surface area contributed by atoms with Crippen LogP contribution in [-0.2, 0) is 14.3 Å². The molecule has 0 aromatic heterocycles. The summed E-state index contributed by atoms with van der Waals surface area (Å²) in [4.78, 5) is 22.4. The first-order chi connectivity index (χ1) is 7.15. The molecule has 4 heteroatoms. The van der Waals surface area contributed by atoms with Crippen LogP contribution in [0.15, 0.2) is 0 Å². The van der Waals surface area contributed by atoms with E-state index in [0.717, 1.165) is 38.5 Å². The topological polar surface area (TPSA) is 69.4 Å². The molecule has 1 saturated carbocycles. The standard InChI is InChI=1S/C11H19NO3/c1-15-11(14)9-6-2-4-8(10(12)13)5-3-7-9/h8-9H,2-7H2,1H3,(H2,12,13). The average Bonchev–Trinajstić information content (AvgIpc) is 2.16. The molecular formula is C11H19NO3. The fourth-order valence-corrected chi connectivity index (χ4v) is 2.20. The van der Waals surface area contributed by atoms with Gasteiger partial charge in [0, 0.05) is 5.92 Å². The zero-order valence-corrected chi connectivity index (χ0v) is 9.20. The van der Waals surface area contributed by atoms with Gasteiger partial charge in [-0.05, 0) is 25.7 Å². The summed E-state index contributed by atoms with van der Waals surface area (Å²) < 4.78 is 4.73. The van der Waals surface area contributed by atoms with Gasteiger partial charge in [0.05, 0.1) is 13.0 Å². The summed E-state index contributed by atoms with van der Waals surface area (Å²) in [6.45, 7) is 0. The first-order valence-electron chi connectivity index (χ1n) is 5.52. The number of carbonyl (C=O) groups is 2. The Morgan fingerprint density at radius 2 is 1.53 bits per heavy atom. The van der Waals surface area contributed by atoms with Gasteiger partial charge in [-0.25, -0.2) is 0 Å². The van der Waals surface area contributed by atoms with Gasteiger partial charge in [0.25, 0.3) is 0 Å². The molecule has 2 N–H and O–H groups in total. The molecule has 0 bridgehead atoms. The Morgan fingerprint density at radius 1 is 1.07 bits per heavy atom. The predicted molar refractivity (Wildman–Crippen MR) is 55.9 cm³/mol. The molecule has 1 aliphatic rings. The molecule has 0 aromatic carbocycles. The van der Waals surface area contributed by atoms with Gasteiger partial charge in [-0.2, -0.15) is 0 Å². The number of carbonyl (C=O) groups excluding carboxylic acids is 2. The van der Waals surface area contributed by atoms with E-state index in [0.29, 0.717) is 0 Å². The van der Waals surface area contributed by atoms with Crippen LogP contribution in [0.2, 0.25) is 0 Å². The number of methoxy groups -OCH3 is 1. The average molecular weight is 213 g/mol. The second-order valence-corrected chi connectivity index (χ2v) is 4.18. The lowest BCUT2D eigenvalue weighted by Crippen LogP contribution is -2.26. The third-order valence-electron chi connectivity index (χ3n) is 3.15.